The minimum atomic E-state index is -0.741. The van der Waals surface area contributed by atoms with Crippen molar-refractivity contribution in [2.45, 2.75) is 45.4 Å². The Kier molecular flexibility index (Phi) is 9.43. The van der Waals surface area contributed by atoms with Crippen LogP contribution in [-0.4, -0.2) is 46.7 Å². The molecule has 100 valence electrons. The Labute approximate surface area is 102 Å². The smallest absolute Gasteiger partial charge is 0.303 e. The van der Waals surface area contributed by atoms with Gasteiger partial charge in [0.25, 0.3) is 0 Å². The minimum absolute atomic E-state index is 0.233. The quantitative estimate of drug-likeness (QED) is 0.543. The molecule has 0 bridgehead atoms. The molecule has 0 rings (SSSR count). The van der Waals surface area contributed by atoms with Crippen LogP contribution in [0.2, 0.25) is 0 Å². The first-order valence-electron chi connectivity index (χ1n) is 6.22. The maximum absolute atomic E-state index is 10.3. The number of hydrogen-bond donors (Lipinski definition) is 2. The van der Waals surface area contributed by atoms with E-state index in [1.54, 1.807) is 0 Å². The minimum Gasteiger partial charge on any atom is -0.481 e. The highest BCUT2D eigenvalue weighted by Crippen LogP contribution is 2.02. The van der Waals surface area contributed by atoms with Gasteiger partial charge in [-0.3, -0.25) is 9.59 Å². The summed E-state index contributed by atoms with van der Waals surface area (Å²) >= 11 is 0. The number of unbranched alkanes of at least 4 members (excludes halogenated alkanes) is 2. The summed E-state index contributed by atoms with van der Waals surface area (Å²) in [6.45, 7) is 4.79. The van der Waals surface area contributed by atoms with Gasteiger partial charge in [-0.05, 0) is 45.3 Å². The zero-order valence-corrected chi connectivity index (χ0v) is 10.5. The van der Waals surface area contributed by atoms with Crippen molar-refractivity contribution >= 4 is 11.9 Å². The number of hydrogen-bond acceptors (Lipinski definition) is 3. The Balaban J connectivity index is 3.48. The lowest BCUT2D eigenvalue weighted by Crippen LogP contribution is -2.26. The van der Waals surface area contributed by atoms with E-state index >= 15 is 0 Å². The van der Waals surface area contributed by atoms with Crippen LogP contribution in [-0.2, 0) is 9.59 Å². The third-order valence-corrected chi connectivity index (χ3v) is 2.68. The summed E-state index contributed by atoms with van der Waals surface area (Å²) in [5.74, 6) is -1.48. The molecule has 0 aromatic rings. The van der Waals surface area contributed by atoms with Crippen LogP contribution >= 0.6 is 0 Å². The average Bonchev–Trinajstić information content (AvgIpc) is 2.26. The summed E-state index contributed by atoms with van der Waals surface area (Å²) in [5, 5.41) is 17.0. The molecule has 0 fully saturated rings. The van der Waals surface area contributed by atoms with Crippen LogP contribution in [0.15, 0.2) is 0 Å². The number of carboxylic acid groups (broad SMARTS) is 2. The van der Waals surface area contributed by atoms with E-state index in [4.69, 9.17) is 10.2 Å². The van der Waals surface area contributed by atoms with Crippen LogP contribution in [0.3, 0.4) is 0 Å². The van der Waals surface area contributed by atoms with Gasteiger partial charge < -0.3 is 15.1 Å². The van der Waals surface area contributed by atoms with Gasteiger partial charge in [0.2, 0.25) is 0 Å². The van der Waals surface area contributed by atoms with Crippen LogP contribution in [0.1, 0.15) is 45.4 Å². The molecule has 0 atom stereocenters. The van der Waals surface area contributed by atoms with Crippen molar-refractivity contribution in [3.8, 4) is 0 Å². The molecule has 0 aliphatic rings. The highest BCUT2D eigenvalue weighted by atomic mass is 16.4. The molecule has 0 heterocycles. The molecule has 0 radical (unpaired) electrons. The van der Waals surface area contributed by atoms with Crippen LogP contribution in [0.4, 0.5) is 0 Å². The molecule has 0 aliphatic heterocycles. The Morgan fingerprint density at radius 2 is 1.29 bits per heavy atom. The molecule has 5 nitrogen and oxygen atoms in total. The fraction of sp³-hybridized carbons (Fsp3) is 0.833. The van der Waals surface area contributed by atoms with E-state index in [-0.39, 0.29) is 12.8 Å². The molecular weight excluding hydrogens is 222 g/mol. The van der Waals surface area contributed by atoms with Crippen LogP contribution in [0, 0.1) is 0 Å². The van der Waals surface area contributed by atoms with Gasteiger partial charge in [0.1, 0.15) is 0 Å². The van der Waals surface area contributed by atoms with Crippen molar-refractivity contribution in [2.24, 2.45) is 0 Å². The fourth-order valence-electron chi connectivity index (χ4n) is 1.65. The standard InChI is InChI=1S/C12H23NO4/c1-2-13(9-5-3-7-11(14)15)10-6-4-8-12(16)17/h2-10H2,1H3,(H,14,15)(H,16,17). The van der Waals surface area contributed by atoms with E-state index in [0.717, 1.165) is 32.5 Å². The van der Waals surface area contributed by atoms with Gasteiger partial charge in [-0.25, -0.2) is 0 Å². The topological polar surface area (TPSA) is 77.8 Å². The van der Waals surface area contributed by atoms with E-state index in [1.807, 2.05) is 0 Å². The van der Waals surface area contributed by atoms with E-state index < -0.39 is 11.9 Å². The number of nitrogens with zero attached hydrogens (tertiary/aromatic N) is 1. The lowest BCUT2D eigenvalue weighted by molar-refractivity contribution is -0.138. The van der Waals surface area contributed by atoms with Crippen molar-refractivity contribution < 1.29 is 19.8 Å². The highest BCUT2D eigenvalue weighted by Gasteiger charge is 2.04. The lowest BCUT2D eigenvalue weighted by atomic mass is 10.2. The Morgan fingerprint density at radius 3 is 1.59 bits per heavy atom. The van der Waals surface area contributed by atoms with Crippen LogP contribution in [0.25, 0.3) is 0 Å². The third-order valence-electron chi connectivity index (χ3n) is 2.68. The van der Waals surface area contributed by atoms with Crippen molar-refractivity contribution in [1.82, 2.24) is 4.90 Å². The number of carboxylic acids is 2. The molecule has 0 amide bonds. The lowest BCUT2D eigenvalue weighted by Gasteiger charge is -2.19. The molecule has 0 aliphatic carbocycles. The first-order valence-corrected chi connectivity index (χ1v) is 6.22. The summed E-state index contributed by atoms with van der Waals surface area (Å²) in [5.41, 5.74) is 0. The largest absolute Gasteiger partial charge is 0.481 e. The second-order valence-corrected chi connectivity index (χ2v) is 4.14. The van der Waals surface area contributed by atoms with Gasteiger partial charge in [-0.2, -0.15) is 0 Å². The van der Waals surface area contributed by atoms with E-state index in [2.05, 4.69) is 11.8 Å². The summed E-state index contributed by atoms with van der Waals surface area (Å²) in [6.07, 6.45) is 3.66. The van der Waals surface area contributed by atoms with Crippen molar-refractivity contribution in [3.63, 3.8) is 0 Å². The fourth-order valence-corrected chi connectivity index (χ4v) is 1.65. The molecule has 0 aromatic carbocycles. The summed E-state index contributed by atoms with van der Waals surface area (Å²) in [4.78, 5) is 22.9. The van der Waals surface area contributed by atoms with Crippen molar-refractivity contribution in [2.75, 3.05) is 19.6 Å². The number of rotatable bonds is 11. The van der Waals surface area contributed by atoms with Gasteiger partial charge in [0.15, 0.2) is 0 Å². The molecule has 0 unspecified atom stereocenters. The first kappa shape index (κ1) is 15.9. The molecule has 0 aromatic heterocycles. The first-order chi connectivity index (χ1) is 8.06. The zero-order chi connectivity index (χ0) is 13.1. The number of carbonyl (C=O) groups is 2. The van der Waals surface area contributed by atoms with Gasteiger partial charge in [-0.15, -0.1) is 0 Å². The molecule has 17 heavy (non-hydrogen) atoms. The SMILES string of the molecule is CCN(CCCCC(=O)O)CCCCC(=O)O. The maximum atomic E-state index is 10.3. The normalized spacial score (nSPS) is 10.7. The van der Waals surface area contributed by atoms with Gasteiger partial charge in [0, 0.05) is 12.8 Å². The molecule has 0 spiro atoms. The molecule has 0 saturated heterocycles. The Bertz CT molecular complexity index is 209. The van der Waals surface area contributed by atoms with Gasteiger partial charge in [0.05, 0.1) is 0 Å². The van der Waals surface area contributed by atoms with Gasteiger partial charge >= 0.3 is 11.9 Å². The van der Waals surface area contributed by atoms with E-state index in [9.17, 15) is 9.59 Å². The Hall–Kier alpha value is -1.10. The predicted molar refractivity (Wildman–Crippen MR) is 65.1 cm³/mol. The van der Waals surface area contributed by atoms with Crippen LogP contribution < -0.4 is 0 Å². The monoisotopic (exact) mass is 245 g/mol. The average molecular weight is 245 g/mol. The second-order valence-electron chi connectivity index (χ2n) is 4.14. The zero-order valence-electron chi connectivity index (χ0n) is 10.5. The summed E-state index contributed by atoms with van der Waals surface area (Å²) < 4.78 is 0. The highest BCUT2D eigenvalue weighted by molar-refractivity contribution is 5.66. The predicted octanol–water partition coefficient (Wildman–Crippen LogP) is 1.82. The molecular formula is C12H23NO4. The molecule has 0 saturated carbocycles. The maximum Gasteiger partial charge on any atom is 0.303 e. The van der Waals surface area contributed by atoms with Gasteiger partial charge in [-0.1, -0.05) is 6.92 Å². The van der Waals surface area contributed by atoms with E-state index in [0.29, 0.717) is 12.8 Å². The van der Waals surface area contributed by atoms with Crippen molar-refractivity contribution in [1.29, 1.82) is 0 Å². The molecule has 2 N–H and O–H groups in total. The number of aliphatic carboxylic acids is 2. The summed E-state index contributed by atoms with van der Waals surface area (Å²) in [6, 6.07) is 0. The second kappa shape index (κ2) is 10.1. The van der Waals surface area contributed by atoms with Crippen LogP contribution in [0.5, 0.6) is 0 Å². The summed E-state index contributed by atoms with van der Waals surface area (Å²) in [7, 11) is 0. The van der Waals surface area contributed by atoms with E-state index in [1.165, 1.54) is 0 Å². The Morgan fingerprint density at radius 1 is 0.882 bits per heavy atom. The molecule has 5 heteroatoms. The third kappa shape index (κ3) is 11.2. The van der Waals surface area contributed by atoms with Crippen molar-refractivity contribution in [3.05, 3.63) is 0 Å².